The number of alkyl halides is 1. The van der Waals surface area contributed by atoms with Gasteiger partial charge in [-0.05, 0) is 19.1 Å². The van der Waals surface area contributed by atoms with Gasteiger partial charge in [0.1, 0.15) is 11.3 Å². The van der Waals surface area contributed by atoms with Crippen molar-refractivity contribution >= 4 is 32.6 Å². The molecule has 1 unspecified atom stereocenters. The van der Waals surface area contributed by atoms with Gasteiger partial charge in [0.15, 0.2) is 0 Å². The first-order valence-electron chi connectivity index (χ1n) is 4.40. The molecule has 0 aliphatic heterocycles. The lowest BCUT2D eigenvalue weighted by molar-refractivity contribution is -0.384. The zero-order valence-corrected chi connectivity index (χ0v) is 9.52. The van der Waals surface area contributed by atoms with Gasteiger partial charge in [-0.25, -0.2) is 0 Å². The summed E-state index contributed by atoms with van der Waals surface area (Å²) in [4.78, 5) is 10.2. The Morgan fingerprint density at radius 1 is 1.47 bits per heavy atom. The summed E-state index contributed by atoms with van der Waals surface area (Å²) in [5.41, 5.74) is 0.749. The van der Waals surface area contributed by atoms with E-state index < -0.39 is 4.92 Å². The van der Waals surface area contributed by atoms with E-state index in [1.165, 1.54) is 12.1 Å². The van der Waals surface area contributed by atoms with E-state index in [1.807, 2.05) is 13.0 Å². The van der Waals surface area contributed by atoms with Crippen LogP contribution in [0.2, 0.25) is 0 Å². The molecule has 0 bridgehead atoms. The van der Waals surface area contributed by atoms with Crippen molar-refractivity contribution in [3.63, 3.8) is 0 Å². The van der Waals surface area contributed by atoms with Gasteiger partial charge < -0.3 is 4.42 Å². The number of hydrogen-bond acceptors (Lipinski definition) is 3. The molecule has 1 aromatic heterocycles. The van der Waals surface area contributed by atoms with Crippen LogP contribution < -0.4 is 0 Å². The predicted molar refractivity (Wildman–Crippen MR) is 60.2 cm³/mol. The van der Waals surface area contributed by atoms with Crippen LogP contribution in [-0.4, -0.2) is 4.92 Å². The van der Waals surface area contributed by atoms with Crippen molar-refractivity contribution in [2.75, 3.05) is 0 Å². The molecule has 0 spiro atoms. The predicted octanol–water partition coefficient (Wildman–Crippen LogP) is 3.80. The van der Waals surface area contributed by atoms with Crippen molar-refractivity contribution in [1.82, 2.24) is 0 Å². The molecule has 0 amide bonds. The summed E-state index contributed by atoms with van der Waals surface area (Å²) in [7, 11) is 0. The highest BCUT2D eigenvalue weighted by molar-refractivity contribution is 9.09. The molecule has 1 atom stereocenters. The largest absolute Gasteiger partial charge is 0.460 e. The maximum Gasteiger partial charge on any atom is 0.270 e. The van der Waals surface area contributed by atoms with Crippen LogP contribution in [-0.2, 0) is 0 Å². The van der Waals surface area contributed by atoms with E-state index in [0.717, 1.165) is 11.1 Å². The van der Waals surface area contributed by atoms with Gasteiger partial charge in [0, 0.05) is 17.5 Å². The second-order valence-corrected chi connectivity index (χ2v) is 4.62. The van der Waals surface area contributed by atoms with E-state index in [2.05, 4.69) is 15.9 Å². The fourth-order valence-electron chi connectivity index (χ4n) is 1.36. The molecule has 0 saturated heterocycles. The molecule has 78 valence electrons. The zero-order chi connectivity index (χ0) is 11.0. The minimum atomic E-state index is -0.413. The molecule has 4 nitrogen and oxygen atoms in total. The summed E-state index contributed by atoms with van der Waals surface area (Å²) < 4.78 is 5.49. The highest BCUT2D eigenvalue weighted by atomic mass is 79.9. The minimum Gasteiger partial charge on any atom is -0.460 e. The molecule has 0 saturated carbocycles. The third-order valence-corrected chi connectivity index (χ3v) is 2.57. The standard InChI is InChI=1S/C10H8BrNO3/c1-6(11)10-5-7-4-8(12(13)14)2-3-9(7)15-10/h2-6H,1H3. The molecule has 0 N–H and O–H groups in total. The number of rotatable bonds is 2. The lowest BCUT2D eigenvalue weighted by Gasteiger charge is -1.93. The van der Waals surface area contributed by atoms with Crippen LogP contribution in [0.4, 0.5) is 5.69 Å². The van der Waals surface area contributed by atoms with Crippen LogP contribution in [0.15, 0.2) is 28.7 Å². The van der Waals surface area contributed by atoms with Crippen LogP contribution in [0.3, 0.4) is 0 Å². The van der Waals surface area contributed by atoms with Crippen LogP contribution in [0, 0.1) is 10.1 Å². The first-order valence-corrected chi connectivity index (χ1v) is 5.31. The smallest absolute Gasteiger partial charge is 0.270 e. The maximum atomic E-state index is 10.6. The Bertz CT molecular complexity index is 518. The molecule has 0 aliphatic rings. The molecule has 15 heavy (non-hydrogen) atoms. The number of hydrogen-bond donors (Lipinski definition) is 0. The summed E-state index contributed by atoms with van der Waals surface area (Å²) in [5.74, 6) is 0.769. The van der Waals surface area contributed by atoms with Crippen LogP contribution >= 0.6 is 15.9 Å². The lowest BCUT2D eigenvalue weighted by atomic mass is 10.2. The molecule has 0 fully saturated rings. The Morgan fingerprint density at radius 3 is 2.80 bits per heavy atom. The Hall–Kier alpha value is -1.36. The van der Waals surface area contributed by atoms with Crippen molar-refractivity contribution in [3.8, 4) is 0 Å². The number of halogens is 1. The van der Waals surface area contributed by atoms with Gasteiger partial charge in [0.05, 0.1) is 9.75 Å². The summed E-state index contributed by atoms with van der Waals surface area (Å²) in [6.45, 7) is 1.94. The van der Waals surface area contributed by atoms with Crippen molar-refractivity contribution in [3.05, 3.63) is 40.1 Å². The summed E-state index contributed by atoms with van der Waals surface area (Å²) in [6.07, 6.45) is 0. The monoisotopic (exact) mass is 269 g/mol. The third-order valence-electron chi connectivity index (χ3n) is 2.12. The van der Waals surface area contributed by atoms with Crippen molar-refractivity contribution in [2.24, 2.45) is 0 Å². The number of benzene rings is 1. The third kappa shape index (κ3) is 1.87. The number of fused-ring (bicyclic) bond motifs is 1. The number of nitro groups is 1. The fourth-order valence-corrected chi connectivity index (χ4v) is 1.59. The van der Waals surface area contributed by atoms with E-state index >= 15 is 0 Å². The van der Waals surface area contributed by atoms with Gasteiger partial charge in [-0.2, -0.15) is 0 Å². The van der Waals surface area contributed by atoms with E-state index in [-0.39, 0.29) is 10.5 Å². The first kappa shape index (κ1) is 10.2. The van der Waals surface area contributed by atoms with Gasteiger partial charge in [-0.3, -0.25) is 10.1 Å². The van der Waals surface area contributed by atoms with Crippen LogP contribution in [0.1, 0.15) is 17.5 Å². The van der Waals surface area contributed by atoms with Gasteiger partial charge in [0.25, 0.3) is 5.69 Å². The molecular weight excluding hydrogens is 262 g/mol. The summed E-state index contributed by atoms with van der Waals surface area (Å²) >= 11 is 3.38. The van der Waals surface area contributed by atoms with Crippen molar-refractivity contribution < 1.29 is 9.34 Å². The van der Waals surface area contributed by atoms with Gasteiger partial charge in [-0.15, -0.1) is 0 Å². The highest BCUT2D eigenvalue weighted by Crippen LogP contribution is 2.30. The van der Waals surface area contributed by atoms with Crippen molar-refractivity contribution in [1.29, 1.82) is 0 Å². The molecule has 1 heterocycles. The number of nitro benzene ring substituents is 1. The summed E-state index contributed by atoms with van der Waals surface area (Å²) in [5, 5.41) is 11.3. The molecule has 1 aromatic carbocycles. The average Bonchev–Trinajstić information content (AvgIpc) is 2.59. The number of nitrogens with zero attached hydrogens (tertiary/aromatic N) is 1. The molecule has 0 aliphatic carbocycles. The minimum absolute atomic E-state index is 0.0806. The molecule has 0 radical (unpaired) electrons. The molecular formula is C10H8BrNO3. The molecule has 2 rings (SSSR count). The fraction of sp³-hybridized carbons (Fsp3) is 0.200. The normalized spacial score (nSPS) is 12.9. The number of furan rings is 1. The average molecular weight is 270 g/mol. The van der Waals surface area contributed by atoms with E-state index in [1.54, 1.807) is 6.07 Å². The van der Waals surface area contributed by atoms with Gasteiger partial charge >= 0.3 is 0 Å². The van der Waals surface area contributed by atoms with Crippen molar-refractivity contribution in [2.45, 2.75) is 11.8 Å². The Morgan fingerprint density at radius 2 is 2.20 bits per heavy atom. The Balaban J connectivity index is 2.57. The Labute approximate surface area is 94.2 Å². The SMILES string of the molecule is CC(Br)c1cc2cc([N+](=O)[O-])ccc2o1. The van der Waals surface area contributed by atoms with E-state index in [9.17, 15) is 10.1 Å². The topological polar surface area (TPSA) is 56.3 Å². The van der Waals surface area contributed by atoms with Gasteiger partial charge in [-0.1, -0.05) is 15.9 Å². The zero-order valence-electron chi connectivity index (χ0n) is 7.94. The number of non-ortho nitro benzene ring substituents is 1. The molecule has 5 heteroatoms. The summed E-state index contributed by atoms with van der Waals surface area (Å²) in [6, 6.07) is 6.38. The van der Waals surface area contributed by atoms with Crippen LogP contribution in [0.5, 0.6) is 0 Å². The second-order valence-electron chi connectivity index (χ2n) is 3.24. The van der Waals surface area contributed by atoms with E-state index in [4.69, 9.17) is 4.42 Å². The van der Waals surface area contributed by atoms with E-state index in [0.29, 0.717) is 5.58 Å². The lowest BCUT2D eigenvalue weighted by Crippen LogP contribution is -1.85. The molecule has 2 aromatic rings. The first-order chi connectivity index (χ1) is 7.08. The maximum absolute atomic E-state index is 10.6. The van der Waals surface area contributed by atoms with Crippen LogP contribution in [0.25, 0.3) is 11.0 Å². The highest BCUT2D eigenvalue weighted by Gasteiger charge is 2.12. The second kappa shape index (κ2) is 3.66. The Kier molecular flexibility index (Phi) is 2.48. The quantitative estimate of drug-likeness (QED) is 0.473. The van der Waals surface area contributed by atoms with Gasteiger partial charge in [0.2, 0.25) is 0 Å².